The number of carbonyl (C=O) groups is 1. The second-order valence-corrected chi connectivity index (χ2v) is 6.98. The largest absolute Gasteiger partial charge is 0.443 e. The van der Waals surface area contributed by atoms with Crippen LogP contribution < -0.4 is 10.2 Å². The molecule has 1 aliphatic heterocycles. The van der Waals surface area contributed by atoms with Crippen molar-refractivity contribution in [2.24, 2.45) is 5.92 Å². The van der Waals surface area contributed by atoms with Crippen molar-refractivity contribution in [3.8, 4) is 0 Å². The molecule has 0 aromatic carbocycles. The normalized spacial score (nSPS) is 16.4. The van der Waals surface area contributed by atoms with E-state index < -0.39 is 5.60 Å². The number of hydrogen-bond acceptors (Lipinski definition) is 4. The summed E-state index contributed by atoms with van der Waals surface area (Å²) in [5.41, 5.74) is 0.580. The Hall–Kier alpha value is -1.62. The molecule has 1 amide bonds. The number of nitrogens with one attached hydrogen (secondary N) is 1. The first-order valence-electron chi connectivity index (χ1n) is 7.99. The zero-order valence-corrected chi connectivity index (χ0v) is 14.1. The molecule has 0 spiro atoms. The van der Waals surface area contributed by atoms with Crippen LogP contribution in [0.5, 0.6) is 0 Å². The summed E-state index contributed by atoms with van der Waals surface area (Å²) >= 11 is 0. The van der Waals surface area contributed by atoms with E-state index in [0.29, 0.717) is 18.3 Å². The molecule has 0 aliphatic carbocycles. The monoisotopic (exact) mass is 305 g/mol. The maximum Gasteiger partial charge on any atom is 0.416 e. The van der Waals surface area contributed by atoms with Gasteiger partial charge >= 0.3 is 6.09 Å². The molecule has 0 radical (unpaired) electrons. The van der Waals surface area contributed by atoms with E-state index in [1.165, 1.54) is 0 Å². The van der Waals surface area contributed by atoms with Crippen LogP contribution in [-0.4, -0.2) is 36.3 Å². The molecular weight excluding hydrogens is 278 g/mol. The van der Waals surface area contributed by atoms with Gasteiger partial charge in [-0.15, -0.1) is 0 Å². The smallest absolute Gasteiger partial charge is 0.416 e. The molecule has 0 unspecified atom stereocenters. The fraction of sp³-hybridized carbons (Fsp3) is 0.647. The molecular formula is C17H27N3O2. The Balaban J connectivity index is 2.17. The molecule has 2 rings (SSSR count). The predicted octanol–water partition coefficient (Wildman–Crippen LogP) is 3.13. The molecule has 1 fully saturated rings. The van der Waals surface area contributed by atoms with Crippen LogP contribution in [0.2, 0.25) is 0 Å². The number of anilines is 1. The van der Waals surface area contributed by atoms with Gasteiger partial charge in [-0.1, -0.05) is 0 Å². The molecule has 1 saturated heterocycles. The van der Waals surface area contributed by atoms with Gasteiger partial charge in [-0.05, 0) is 77.2 Å². The molecule has 0 atom stereocenters. The summed E-state index contributed by atoms with van der Waals surface area (Å²) in [7, 11) is 0. The van der Waals surface area contributed by atoms with Crippen molar-refractivity contribution >= 4 is 11.9 Å². The molecule has 1 aliphatic rings. The number of ether oxygens (including phenoxy) is 1. The van der Waals surface area contributed by atoms with E-state index in [4.69, 9.17) is 4.74 Å². The molecule has 5 heteroatoms. The molecule has 0 saturated carbocycles. The Bertz CT molecular complexity index is 505. The van der Waals surface area contributed by atoms with Crippen molar-refractivity contribution in [1.29, 1.82) is 0 Å². The Kier molecular flexibility index (Phi) is 5.40. The van der Waals surface area contributed by atoms with Crippen molar-refractivity contribution < 1.29 is 9.53 Å². The Morgan fingerprint density at radius 3 is 2.68 bits per heavy atom. The third-order valence-corrected chi connectivity index (χ3v) is 3.69. The van der Waals surface area contributed by atoms with Crippen LogP contribution in [0.15, 0.2) is 18.3 Å². The number of rotatable bonds is 3. The van der Waals surface area contributed by atoms with E-state index in [9.17, 15) is 4.79 Å². The van der Waals surface area contributed by atoms with Crippen molar-refractivity contribution in [1.82, 2.24) is 10.3 Å². The predicted molar refractivity (Wildman–Crippen MR) is 88.1 cm³/mol. The summed E-state index contributed by atoms with van der Waals surface area (Å²) in [6, 6.07) is 3.87. The van der Waals surface area contributed by atoms with E-state index in [1.807, 2.05) is 39.8 Å². The number of aryl methyl sites for hydroxylation is 1. The lowest BCUT2D eigenvalue weighted by molar-refractivity contribution is 0.0571. The fourth-order valence-electron chi connectivity index (χ4n) is 2.57. The molecule has 2 heterocycles. The van der Waals surface area contributed by atoms with Crippen LogP contribution in [0.1, 0.15) is 39.2 Å². The highest BCUT2D eigenvalue weighted by Crippen LogP contribution is 2.21. The minimum Gasteiger partial charge on any atom is -0.443 e. The van der Waals surface area contributed by atoms with E-state index in [1.54, 1.807) is 11.1 Å². The SMILES string of the molecule is Cc1ccnc(N(CC2CCNCC2)C(=O)OC(C)(C)C)c1. The summed E-state index contributed by atoms with van der Waals surface area (Å²) in [6.45, 7) is 10.3. The van der Waals surface area contributed by atoms with Gasteiger partial charge in [-0.3, -0.25) is 4.90 Å². The van der Waals surface area contributed by atoms with Crippen molar-refractivity contribution in [3.05, 3.63) is 23.9 Å². The number of hydrogen-bond donors (Lipinski definition) is 1. The number of piperidine rings is 1. The summed E-state index contributed by atoms with van der Waals surface area (Å²) in [4.78, 5) is 18.6. The van der Waals surface area contributed by atoms with Gasteiger partial charge in [0, 0.05) is 12.7 Å². The number of pyridine rings is 1. The van der Waals surface area contributed by atoms with Crippen LogP contribution in [0.4, 0.5) is 10.6 Å². The standard InChI is InChI=1S/C17H27N3O2/c1-13-5-10-19-15(11-13)20(16(21)22-17(2,3)4)12-14-6-8-18-9-7-14/h5,10-11,14,18H,6-9,12H2,1-4H3. The van der Waals surface area contributed by atoms with E-state index in [-0.39, 0.29) is 6.09 Å². The third kappa shape index (κ3) is 4.98. The van der Waals surface area contributed by atoms with E-state index in [0.717, 1.165) is 31.5 Å². The quantitative estimate of drug-likeness (QED) is 0.932. The molecule has 0 bridgehead atoms. The molecule has 1 N–H and O–H groups in total. The van der Waals surface area contributed by atoms with Crippen LogP contribution in [0, 0.1) is 12.8 Å². The molecule has 122 valence electrons. The topological polar surface area (TPSA) is 54.5 Å². The van der Waals surface area contributed by atoms with Crippen molar-refractivity contribution in [3.63, 3.8) is 0 Å². The first-order chi connectivity index (χ1) is 10.3. The minimum atomic E-state index is -0.507. The van der Waals surface area contributed by atoms with Gasteiger partial charge in [-0.2, -0.15) is 0 Å². The van der Waals surface area contributed by atoms with Crippen molar-refractivity contribution in [2.45, 2.75) is 46.1 Å². The summed E-state index contributed by atoms with van der Waals surface area (Å²) in [6.07, 6.45) is 3.57. The highest BCUT2D eigenvalue weighted by atomic mass is 16.6. The fourth-order valence-corrected chi connectivity index (χ4v) is 2.57. The summed E-state index contributed by atoms with van der Waals surface area (Å²) in [5, 5.41) is 3.35. The first kappa shape index (κ1) is 16.7. The molecule has 1 aromatic rings. The Morgan fingerprint density at radius 1 is 1.41 bits per heavy atom. The van der Waals surface area contributed by atoms with Crippen molar-refractivity contribution in [2.75, 3.05) is 24.5 Å². The number of amides is 1. The number of carbonyl (C=O) groups excluding carboxylic acids is 1. The Morgan fingerprint density at radius 2 is 2.09 bits per heavy atom. The maximum atomic E-state index is 12.6. The lowest BCUT2D eigenvalue weighted by Gasteiger charge is -2.31. The third-order valence-electron chi connectivity index (χ3n) is 3.69. The molecule has 1 aromatic heterocycles. The lowest BCUT2D eigenvalue weighted by atomic mass is 9.97. The van der Waals surface area contributed by atoms with Gasteiger partial charge in [0.2, 0.25) is 0 Å². The van der Waals surface area contributed by atoms with Crippen LogP contribution in [0.3, 0.4) is 0 Å². The van der Waals surface area contributed by atoms with Gasteiger partial charge < -0.3 is 10.1 Å². The summed E-state index contributed by atoms with van der Waals surface area (Å²) in [5.74, 6) is 1.16. The van der Waals surface area contributed by atoms with Gasteiger partial charge in [-0.25, -0.2) is 9.78 Å². The van der Waals surface area contributed by atoms with Crippen LogP contribution in [-0.2, 0) is 4.74 Å². The van der Waals surface area contributed by atoms with Gasteiger partial charge in [0.15, 0.2) is 0 Å². The Labute approximate surface area is 133 Å². The molecule has 5 nitrogen and oxygen atoms in total. The zero-order chi connectivity index (χ0) is 16.2. The first-order valence-corrected chi connectivity index (χ1v) is 7.99. The van der Waals surface area contributed by atoms with E-state index >= 15 is 0 Å². The average Bonchev–Trinajstić information content (AvgIpc) is 2.44. The number of nitrogens with zero attached hydrogens (tertiary/aromatic N) is 2. The zero-order valence-electron chi connectivity index (χ0n) is 14.1. The second-order valence-electron chi connectivity index (χ2n) is 6.98. The van der Waals surface area contributed by atoms with Gasteiger partial charge in [0.1, 0.15) is 11.4 Å². The van der Waals surface area contributed by atoms with Gasteiger partial charge in [0.25, 0.3) is 0 Å². The average molecular weight is 305 g/mol. The second kappa shape index (κ2) is 7.09. The van der Waals surface area contributed by atoms with E-state index in [2.05, 4.69) is 10.3 Å². The van der Waals surface area contributed by atoms with Gasteiger partial charge in [0.05, 0.1) is 0 Å². The lowest BCUT2D eigenvalue weighted by Crippen LogP contribution is -2.42. The van der Waals surface area contributed by atoms with Crippen LogP contribution >= 0.6 is 0 Å². The molecule has 22 heavy (non-hydrogen) atoms. The van der Waals surface area contributed by atoms with Crippen LogP contribution in [0.25, 0.3) is 0 Å². The highest BCUT2D eigenvalue weighted by molar-refractivity contribution is 5.86. The maximum absolute atomic E-state index is 12.6. The highest BCUT2D eigenvalue weighted by Gasteiger charge is 2.27. The number of aromatic nitrogens is 1. The minimum absolute atomic E-state index is 0.316. The summed E-state index contributed by atoms with van der Waals surface area (Å²) < 4.78 is 5.57.